The summed E-state index contributed by atoms with van der Waals surface area (Å²) < 4.78 is 68.1. The first-order chi connectivity index (χ1) is 24.9. The fourth-order valence-electron chi connectivity index (χ4n) is 5.48. The number of halogens is 5. The van der Waals surface area contributed by atoms with Crippen molar-refractivity contribution in [3.8, 4) is 11.1 Å². The predicted molar refractivity (Wildman–Crippen MR) is 191 cm³/mol. The van der Waals surface area contributed by atoms with Gasteiger partial charge in [0.25, 0.3) is 0 Å². The standard InChI is InChI=1S/C36H48F2N4O5.C2HF3O2/c1-35(2,3)33(42(31(44)23-43)18-16-29(39)34(46)40-17-10-13-32(45)47-36(4,5)6)30-19-25(27-20-26(37)14-15-28(27)38)22-41(30)21-24-11-8-7-9-12-24;3-2(4,5)1(6)7/h7-9,11-12,14-15,19-20,22,29,33,43H,10,13,16-18,21,23,39H2,1-6H3,(H,40,46);(H,6,7). The molecule has 2 amide bonds. The van der Waals surface area contributed by atoms with Gasteiger partial charge in [-0.05, 0) is 68.9 Å². The highest BCUT2D eigenvalue weighted by Crippen LogP contribution is 2.41. The van der Waals surface area contributed by atoms with E-state index in [0.29, 0.717) is 24.2 Å². The van der Waals surface area contributed by atoms with Gasteiger partial charge in [0, 0.05) is 49.1 Å². The van der Waals surface area contributed by atoms with Crippen LogP contribution in [0.25, 0.3) is 11.1 Å². The maximum absolute atomic E-state index is 15.0. The number of aliphatic hydroxyl groups excluding tert-OH is 1. The number of rotatable bonds is 14. The largest absolute Gasteiger partial charge is 0.490 e. The molecule has 5 N–H and O–H groups in total. The molecule has 298 valence electrons. The van der Waals surface area contributed by atoms with Gasteiger partial charge < -0.3 is 35.5 Å². The van der Waals surface area contributed by atoms with Crippen molar-refractivity contribution in [3.05, 3.63) is 83.7 Å². The van der Waals surface area contributed by atoms with Crippen molar-refractivity contribution in [1.82, 2.24) is 14.8 Å². The number of hydrogen-bond acceptors (Lipinski definition) is 7. The Morgan fingerprint density at radius 3 is 2.11 bits per heavy atom. The second-order valence-electron chi connectivity index (χ2n) is 14.6. The molecule has 0 bridgehead atoms. The summed E-state index contributed by atoms with van der Waals surface area (Å²) in [5.74, 6) is -5.29. The SMILES string of the molecule is CC(C)(C)OC(=O)CCCNC(=O)C(N)CCN(C(=O)CO)C(c1cc(-c2cc(F)ccc2F)cn1Cc1ccccc1)C(C)(C)C.O=C(O)C(F)(F)F. The Balaban J connectivity index is 0.00000131. The van der Waals surface area contributed by atoms with Gasteiger partial charge in [-0.1, -0.05) is 51.1 Å². The Bertz CT molecular complexity index is 1720. The molecular formula is C38H49F5N4O7. The normalized spacial score (nSPS) is 12.9. The van der Waals surface area contributed by atoms with Gasteiger partial charge in [0.15, 0.2) is 0 Å². The van der Waals surface area contributed by atoms with Crippen LogP contribution in [0.4, 0.5) is 22.0 Å². The van der Waals surface area contributed by atoms with Gasteiger partial charge in [0.2, 0.25) is 11.8 Å². The van der Waals surface area contributed by atoms with E-state index in [0.717, 1.165) is 23.8 Å². The van der Waals surface area contributed by atoms with Crippen LogP contribution in [0.5, 0.6) is 0 Å². The first kappa shape index (κ1) is 45.3. The summed E-state index contributed by atoms with van der Waals surface area (Å²) in [4.78, 5) is 48.5. The number of hydrogen-bond donors (Lipinski definition) is 4. The first-order valence-electron chi connectivity index (χ1n) is 17.1. The van der Waals surface area contributed by atoms with Gasteiger partial charge in [0.1, 0.15) is 23.8 Å². The fraction of sp³-hybridized carbons (Fsp3) is 0.474. The van der Waals surface area contributed by atoms with Gasteiger partial charge in [-0.15, -0.1) is 0 Å². The van der Waals surface area contributed by atoms with Crippen LogP contribution in [-0.2, 0) is 30.5 Å². The predicted octanol–water partition coefficient (Wildman–Crippen LogP) is 5.98. The molecule has 2 atom stereocenters. The van der Waals surface area contributed by atoms with Crippen LogP contribution < -0.4 is 11.1 Å². The number of carboxylic acids is 1. The molecule has 16 heteroatoms. The molecule has 0 saturated carbocycles. The molecule has 3 aromatic rings. The monoisotopic (exact) mass is 768 g/mol. The van der Waals surface area contributed by atoms with E-state index in [1.54, 1.807) is 33.0 Å². The van der Waals surface area contributed by atoms with Crippen LogP contribution >= 0.6 is 0 Å². The Labute approximate surface area is 311 Å². The van der Waals surface area contributed by atoms with E-state index in [2.05, 4.69) is 5.32 Å². The Kier molecular flexibility index (Phi) is 16.4. The number of carbonyl (C=O) groups excluding carboxylic acids is 3. The van der Waals surface area contributed by atoms with Crippen LogP contribution in [0.1, 0.15) is 78.1 Å². The molecule has 0 aliphatic heterocycles. The Morgan fingerprint density at radius 2 is 1.57 bits per heavy atom. The molecule has 0 saturated heterocycles. The minimum Gasteiger partial charge on any atom is -0.475 e. The van der Waals surface area contributed by atoms with E-state index < -0.39 is 65.3 Å². The van der Waals surface area contributed by atoms with Gasteiger partial charge in [-0.2, -0.15) is 13.2 Å². The van der Waals surface area contributed by atoms with E-state index in [1.165, 1.54) is 4.90 Å². The number of nitrogens with two attached hydrogens (primary N) is 1. The fourth-order valence-corrected chi connectivity index (χ4v) is 5.48. The highest BCUT2D eigenvalue weighted by molar-refractivity contribution is 5.82. The lowest BCUT2D eigenvalue weighted by molar-refractivity contribution is -0.192. The maximum atomic E-state index is 15.0. The van der Waals surface area contributed by atoms with Gasteiger partial charge in [-0.3, -0.25) is 14.4 Å². The number of aliphatic hydroxyl groups is 1. The molecule has 2 unspecified atom stereocenters. The number of amides is 2. The number of nitrogens with one attached hydrogen (secondary N) is 1. The number of aliphatic carboxylic acids is 1. The van der Waals surface area contributed by atoms with Crippen molar-refractivity contribution in [2.75, 3.05) is 19.7 Å². The Hall–Kier alpha value is -4.83. The van der Waals surface area contributed by atoms with Gasteiger partial charge in [-0.25, -0.2) is 13.6 Å². The van der Waals surface area contributed by atoms with E-state index in [4.69, 9.17) is 20.4 Å². The molecule has 3 rings (SSSR count). The summed E-state index contributed by atoms with van der Waals surface area (Å²) in [5, 5.41) is 19.9. The number of benzene rings is 2. The van der Waals surface area contributed by atoms with Crippen LogP contribution in [0.3, 0.4) is 0 Å². The molecule has 0 aliphatic rings. The number of ether oxygens (including phenoxy) is 1. The van der Waals surface area contributed by atoms with Crippen molar-refractivity contribution in [2.45, 2.75) is 91.2 Å². The molecule has 54 heavy (non-hydrogen) atoms. The molecule has 0 aliphatic carbocycles. The van der Waals surface area contributed by atoms with Crippen LogP contribution in [0, 0.1) is 17.0 Å². The summed E-state index contributed by atoms with van der Waals surface area (Å²) in [5.41, 5.74) is 7.14. The zero-order valence-corrected chi connectivity index (χ0v) is 31.2. The summed E-state index contributed by atoms with van der Waals surface area (Å²) in [6.07, 6.45) is -2.75. The molecule has 0 fully saturated rings. The van der Waals surface area contributed by atoms with Crippen molar-refractivity contribution >= 4 is 23.8 Å². The molecule has 11 nitrogen and oxygen atoms in total. The van der Waals surface area contributed by atoms with Crippen molar-refractivity contribution < 1.29 is 56.1 Å². The smallest absolute Gasteiger partial charge is 0.475 e. The molecule has 2 aromatic carbocycles. The molecular weight excluding hydrogens is 719 g/mol. The van der Waals surface area contributed by atoms with Crippen LogP contribution in [0.2, 0.25) is 0 Å². The number of nitrogens with zero attached hydrogens (tertiary/aromatic N) is 2. The van der Waals surface area contributed by atoms with Crippen molar-refractivity contribution in [2.24, 2.45) is 11.1 Å². The number of alkyl halides is 3. The Morgan fingerprint density at radius 1 is 0.963 bits per heavy atom. The zero-order chi connectivity index (χ0) is 41.0. The number of carbonyl (C=O) groups is 4. The minimum absolute atomic E-state index is 0.0357. The van der Waals surface area contributed by atoms with Gasteiger partial charge in [0.05, 0.1) is 12.1 Å². The first-order valence-corrected chi connectivity index (χ1v) is 17.1. The van der Waals surface area contributed by atoms with Crippen LogP contribution in [-0.4, -0.2) is 80.9 Å². The number of carboxylic acid groups (broad SMARTS) is 1. The topological polar surface area (TPSA) is 164 Å². The molecule has 0 spiro atoms. The lowest BCUT2D eigenvalue weighted by atomic mass is 9.82. The average Bonchev–Trinajstić information content (AvgIpc) is 3.46. The van der Waals surface area contributed by atoms with Crippen LogP contribution in [0.15, 0.2) is 60.8 Å². The third kappa shape index (κ3) is 14.5. The van der Waals surface area contributed by atoms with Crippen molar-refractivity contribution in [1.29, 1.82) is 0 Å². The summed E-state index contributed by atoms with van der Waals surface area (Å²) in [6.45, 7) is 11.0. The highest BCUT2D eigenvalue weighted by Gasteiger charge is 2.39. The lowest BCUT2D eigenvalue weighted by Gasteiger charge is -2.41. The molecule has 1 heterocycles. The number of esters is 1. The summed E-state index contributed by atoms with van der Waals surface area (Å²) in [6, 6.07) is 13.0. The second kappa shape index (κ2) is 19.5. The molecule has 1 aromatic heterocycles. The number of aromatic nitrogens is 1. The average molecular weight is 769 g/mol. The van der Waals surface area contributed by atoms with E-state index >= 15 is 0 Å². The molecule has 0 radical (unpaired) electrons. The van der Waals surface area contributed by atoms with Gasteiger partial charge >= 0.3 is 18.1 Å². The third-order valence-electron chi connectivity index (χ3n) is 7.77. The third-order valence-corrected chi connectivity index (χ3v) is 7.77. The maximum Gasteiger partial charge on any atom is 0.490 e. The quantitative estimate of drug-likeness (QED) is 0.0885. The summed E-state index contributed by atoms with van der Waals surface area (Å²) in [7, 11) is 0. The lowest BCUT2D eigenvalue weighted by Crippen LogP contribution is -2.47. The van der Waals surface area contributed by atoms with Crippen molar-refractivity contribution in [3.63, 3.8) is 0 Å². The van der Waals surface area contributed by atoms with E-state index in [1.807, 2.05) is 55.7 Å². The minimum atomic E-state index is -5.08. The van der Waals surface area contributed by atoms with E-state index in [-0.39, 0.29) is 37.5 Å². The van der Waals surface area contributed by atoms with E-state index in [9.17, 15) is 41.4 Å². The summed E-state index contributed by atoms with van der Waals surface area (Å²) >= 11 is 0. The second-order valence-corrected chi connectivity index (χ2v) is 14.6. The highest BCUT2D eigenvalue weighted by atomic mass is 19.4. The zero-order valence-electron chi connectivity index (χ0n) is 31.2.